The molecule has 4 fully saturated rings. The van der Waals surface area contributed by atoms with Gasteiger partial charge in [-0.05, 0) is 100 Å². The van der Waals surface area contributed by atoms with Crippen molar-refractivity contribution in [3.63, 3.8) is 0 Å². The lowest BCUT2D eigenvalue weighted by atomic mass is 9.43. The van der Waals surface area contributed by atoms with Crippen LogP contribution in [0.4, 0.5) is 0 Å². The molecule has 4 aliphatic carbocycles. The van der Waals surface area contributed by atoms with Crippen molar-refractivity contribution in [3.8, 4) is 0 Å². The summed E-state index contributed by atoms with van der Waals surface area (Å²) in [5.74, 6) is 0.268. The van der Waals surface area contributed by atoms with Crippen LogP contribution in [0.1, 0.15) is 73.1 Å². The van der Waals surface area contributed by atoms with Crippen molar-refractivity contribution in [2.45, 2.75) is 97.1 Å². The number of carbonyl (C=O) groups excluding carboxylic acids is 1. The average molecular weight is 473 g/mol. The topological polar surface area (TPSA) is 107 Å². The molecule has 6 heteroatoms. The van der Waals surface area contributed by atoms with Gasteiger partial charge in [-0.2, -0.15) is 0 Å². The molecule has 5 aliphatic rings. The fourth-order valence-corrected chi connectivity index (χ4v) is 8.99. The summed E-state index contributed by atoms with van der Waals surface area (Å²) in [5, 5.41) is 32.1. The van der Waals surface area contributed by atoms with E-state index in [-0.39, 0.29) is 41.2 Å². The summed E-state index contributed by atoms with van der Waals surface area (Å²) < 4.78 is 6.18. The maximum absolute atomic E-state index is 13.2. The van der Waals surface area contributed by atoms with Crippen molar-refractivity contribution in [3.05, 3.63) is 23.3 Å². The molecule has 0 unspecified atom stereocenters. The monoisotopic (exact) mass is 472 g/mol. The number of aliphatic hydroxyl groups is 2. The number of hydrogen-bond acceptors (Lipinski definition) is 5. The highest BCUT2D eigenvalue weighted by Gasteiger charge is 2.77. The van der Waals surface area contributed by atoms with Gasteiger partial charge in [0.2, 0.25) is 0 Å². The molecule has 0 radical (unpaired) electrons. The molecule has 1 saturated heterocycles. The molecule has 0 aromatic rings. The normalized spacial score (nSPS) is 49.2. The van der Waals surface area contributed by atoms with Gasteiger partial charge in [0.1, 0.15) is 11.7 Å². The van der Waals surface area contributed by atoms with Crippen molar-refractivity contribution in [1.29, 1.82) is 0 Å². The number of fused-ring (bicyclic) bond motifs is 8. The standard InChI is InChI=1S/C28H40O6/c1-14(15(2)25(31)32)13-20(29)16(3)17-8-9-18-22-19(10-12-26(17,18)4)27(5)21(30)7-6-11-28(27,33)24-23(22)34-24/h6-7,16-20,22-24,29,33H,8-13H2,1-5H3,(H,31,32)/t16-,17+,18-,19-,20+,22-,23-,24-,26+,27-,28-/m0/s1. The molecular formula is C28H40O6. The molecule has 11 atom stereocenters. The maximum atomic E-state index is 13.2. The first-order valence-corrected chi connectivity index (χ1v) is 13.0. The van der Waals surface area contributed by atoms with Gasteiger partial charge in [-0.25, -0.2) is 4.79 Å². The minimum absolute atomic E-state index is 0.0226. The zero-order valence-electron chi connectivity index (χ0n) is 21.1. The maximum Gasteiger partial charge on any atom is 0.331 e. The van der Waals surface area contributed by atoms with Crippen molar-refractivity contribution < 1.29 is 29.6 Å². The highest BCUT2D eigenvalue weighted by molar-refractivity contribution is 5.97. The lowest BCUT2D eigenvalue weighted by Crippen LogP contribution is -2.67. The number of hydrogen-bond donors (Lipinski definition) is 3. The van der Waals surface area contributed by atoms with E-state index in [9.17, 15) is 24.9 Å². The summed E-state index contributed by atoms with van der Waals surface area (Å²) in [6, 6.07) is 0. The quantitative estimate of drug-likeness (QED) is 0.414. The van der Waals surface area contributed by atoms with Gasteiger partial charge in [0.15, 0.2) is 5.78 Å². The van der Waals surface area contributed by atoms with E-state index >= 15 is 0 Å². The van der Waals surface area contributed by atoms with Gasteiger partial charge in [0.25, 0.3) is 0 Å². The molecule has 5 rings (SSSR count). The average Bonchev–Trinajstić information content (AvgIpc) is 3.51. The number of rotatable bonds is 5. The number of ketones is 1. The predicted molar refractivity (Wildman–Crippen MR) is 127 cm³/mol. The number of epoxide rings is 1. The smallest absolute Gasteiger partial charge is 0.331 e. The molecule has 3 N–H and O–H groups in total. The van der Waals surface area contributed by atoms with Crippen molar-refractivity contribution in [1.82, 2.24) is 0 Å². The van der Waals surface area contributed by atoms with Crippen LogP contribution < -0.4 is 0 Å². The summed E-state index contributed by atoms with van der Waals surface area (Å²) in [5.41, 5.74) is -0.825. The Labute approximate surface area is 202 Å². The molecular weight excluding hydrogens is 432 g/mol. The van der Waals surface area contributed by atoms with E-state index in [1.165, 1.54) is 0 Å². The van der Waals surface area contributed by atoms with Crippen LogP contribution in [0.25, 0.3) is 0 Å². The van der Waals surface area contributed by atoms with Gasteiger partial charge < -0.3 is 20.1 Å². The Balaban J connectivity index is 1.40. The molecule has 34 heavy (non-hydrogen) atoms. The molecule has 0 aromatic carbocycles. The van der Waals surface area contributed by atoms with Crippen LogP contribution in [0, 0.1) is 40.4 Å². The SMILES string of the molecule is CC(C[C@@H](O)[C@@H](C)[C@H]1CC[C@H]2[C@@H]3[C@@H]4O[C@@H]4[C@@]4(O)CC=CC(=O)[C@]4(C)[C@H]3CC[C@]12C)=C(C)C(=O)O. The van der Waals surface area contributed by atoms with Crippen molar-refractivity contribution in [2.24, 2.45) is 40.4 Å². The van der Waals surface area contributed by atoms with E-state index in [0.29, 0.717) is 30.3 Å². The Bertz CT molecular complexity index is 968. The van der Waals surface area contributed by atoms with E-state index in [1.807, 2.05) is 13.0 Å². The van der Waals surface area contributed by atoms with E-state index in [1.54, 1.807) is 19.9 Å². The number of aliphatic carboxylic acids is 1. The Morgan fingerprint density at radius 3 is 2.59 bits per heavy atom. The third-order valence-electron chi connectivity index (χ3n) is 11.4. The van der Waals surface area contributed by atoms with Crippen LogP contribution in [-0.4, -0.2) is 51.0 Å². The molecule has 0 bridgehead atoms. The van der Waals surface area contributed by atoms with Crippen LogP contribution in [-0.2, 0) is 14.3 Å². The van der Waals surface area contributed by atoms with Gasteiger partial charge in [-0.1, -0.05) is 25.5 Å². The number of carbonyl (C=O) groups is 2. The van der Waals surface area contributed by atoms with E-state index in [4.69, 9.17) is 4.74 Å². The second-order valence-electron chi connectivity index (χ2n) is 12.5. The Hall–Kier alpha value is -1.50. The minimum atomic E-state index is -1.11. The van der Waals surface area contributed by atoms with E-state index in [0.717, 1.165) is 31.3 Å². The summed E-state index contributed by atoms with van der Waals surface area (Å²) >= 11 is 0. The zero-order valence-corrected chi connectivity index (χ0v) is 21.1. The van der Waals surface area contributed by atoms with Gasteiger partial charge in [0, 0.05) is 5.57 Å². The molecule has 3 saturated carbocycles. The van der Waals surface area contributed by atoms with Crippen LogP contribution in [0.15, 0.2) is 23.3 Å². The van der Waals surface area contributed by atoms with Gasteiger partial charge in [-0.3, -0.25) is 4.79 Å². The number of carboxylic acid groups (broad SMARTS) is 1. The Morgan fingerprint density at radius 1 is 1.21 bits per heavy atom. The van der Waals surface area contributed by atoms with E-state index in [2.05, 4.69) is 13.8 Å². The molecule has 0 amide bonds. The summed E-state index contributed by atoms with van der Waals surface area (Å²) in [6.45, 7) is 9.86. The number of aliphatic hydroxyl groups excluding tert-OH is 1. The predicted octanol–water partition coefficient (Wildman–Crippen LogP) is 3.90. The summed E-state index contributed by atoms with van der Waals surface area (Å²) in [6.07, 6.45) is 7.46. The first-order chi connectivity index (χ1) is 15.9. The molecule has 1 aliphatic heterocycles. The first kappa shape index (κ1) is 24.2. The zero-order chi connectivity index (χ0) is 24.8. The van der Waals surface area contributed by atoms with Gasteiger partial charge >= 0.3 is 5.97 Å². The third-order valence-corrected chi connectivity index (χ3v) is 11.4. The fourth-order valence-electron chi connectivity index (χ4n) is 8.99. The van der Waals surface area contributed by atoms with Crippen LogP contribution in [0.2, 0.25) is 0 Å². The summed E-state index contributed by atoms with van der Waals surface area (Å²) in [7, 11) is 0. The highest BCUT2D eigenvalue weighted by Crippen LogP contribution is 2.71. The van der Waals surface area contributed by atoms with E-state index < -0.39 is 23.1 Å². The second-order valence-corrected chi connectivity index (χ2v) is 12.5. The third kappa shape index (κ3) is 3.04. The van der Waals surface area contributed by atoms with Crippen LogP contribution >= 0.6 is 0 Å². The number of allylic oxidation sites excluding steroid dienone is 1. The molecule has 0 spiro atoms. The lowest BCUT2D eigenvalue weighted by Gasteiger charge is -2.60. The molecule has 6 nitrogen and oxygen atoms in total. The van der Waals surface area contributed by atoms with Crippen LogP contribution in [0.5, 0.6) is 0 Å². The van der Waals surface area contributed by atoms with Gasteiger partial charge in [-0.15, -0.1) is 0 Å². The van der Waals surface area contributed by atoms with Crippen molar-refractivity contribution in [2.75, 3.05) is 0 Å². The first-order valence-electron chi connectivity index (χ1n) is 13.0. The Kier molecular flexibility index (Phi) is 5.52. The van der Waals surface area contributed by atoms with Crippen molar-refractivity contribution >= 4 is 11.8 Å². The minimum Gasteiger partial charge on any atom is -0.478 e. The Morgan fingerprint density at radius 2 is 1.91 bits per heavy atom. The number of ether oxygens (including phenoxy) is 1. The largest absolute Gasteiger partial charge is 0.478 e. The highest BCUT2D eigenvalue weighted by atomic mass is 16.6. The summed E-state index contributed by atoms with van der Waals surface area (Å²) in [4.78, 5) is 24.6. The second kappa shape index (κ2) is 7.75. The van der Waals surface area contributed by atoms with Gasteiger partial charge in [0.05, 0.1) is 17.6 Å². The molecule has 188 valence electrons. The molecule has 0 aromatic heterocycles. The number of carboxylic acids is 1. The molecule has 1 heterocycles. The fraction of sp³-hybridized carbons (Fsp3) is 0.786. The lowest BCUT2D eigenvalue weighted by molar-refractivity contribution is -0.182. The van der Waals surface area contributed by atoms with Crippen LogP contribution in [0.3, 0.4) is 0 Å².